The molecule has 1 fully saturated rings. The van der Waals surface area contributed by atoms with Crippen LogP contribution in [0.25, 0.3) is 0 Å². The van der Waals surface area contributed by atoms with Gasteiger partial charge in [-0.05, 0) is 32.0 Å². The minimum Gasteiger partial charge on any atom is -0.351 e. The van der Waals surface area contributed by atoms with Crippen LogP contribution >= 0.6 is 0 Å². The molecule has 0 aliphatic carbocycles. The molecule has 1 aliphatic rings. The number of anilines is 1. The number of halogens is 2. The molecule has 11 heteroatoms. The molecule has 0 saturated carbocycles. The number of pyridine rings is 1. The van der Waals surface area contributed by atoms with Crippen LogP contribution in [0.5, 0.6) is 0 Å². The first-order valence-electron chi connectivity index (χ1n) is 10.3. The molecule has 2 amide bonds. The van der Waals surface area contributed by atoms with E-state index in [0.717, 1.165) is 16.7 Å². The van der Waals surface area contributed by atoms with Crippen LogP contribution in [0.3, 0.4) is 0 Å². The molecule has 8 nitrogen and oxygen atoms in total. The van der Waals surface area contributed by atoms with E-state index in [0.29, 0.717) is 31.9 Å². The van der Waals surface area contributed by atoms with E-state index in [-0.39, 0.29) is 30.0 Å². The van der Waals surface area contributed by atoms with Crippen molar-refractivity contribution < 1.29 is 22.0 Å². The van der Waals surface area contributed by atoms with Crippen molar-refractivity contribution >= 4 is 21.7 Å². The highest BCUT2D eigenvalue weighted by molar-refractivity contribution is 7.89. The normalized spacial score (nSPS) is 15.6. The second kappa shape index (κ2) is 9.88. The summed E-state index contributed by atoms with van der Waals surface area (Å²) in [6.45, 7) is 4.71. The molecule has 3 rings (SSSR count). The van der Waals surface area contributed by atoms with Gasteiger partial charge in [0.25, 0.3) is 0 Å². The summed E-state index contributed by atoms with van der Waals surface area (Å²) in [7, 11) is -3.26. The largest absolute Gasteiger partial charge is 0.351 e. The van der Waals surface area contributed by atoms with E-state index in [9.17, 15) is 17.6 Å². The predicted octanol–water partition coefficient (Wildman–Crippen LogP) is 2.22. The molecule has 0 spiro atoms. The lowest BCUT2D eigenvalue weighted by atomic mass is 10.1. The van der Waals surface area contributed by atoms with Gasteiger partial charge >= 0.3 is 6.03 Å². The van der Waals surface area contributed by atoms with E-state index in [1.807, 2.05) is 4.90 Å². The number of nitrogens with zero attached hydrogens (tertiary/aromatic N) is 4. The lowest BCUT2D eigenvalue weighted by Crippen LogP contribution is -2.48. The molecular weight excluding hydrogens is 440 g/mol. The van der Waals surface area contributed by atoms with Crippen molar-refractivity contribution in [3.8, 4) is 0 Å². The van der Waals surface area contributed by atoms with E-state index in [1.165, 1.54) is 16.6 Å². The Morgan fingerprint density at radius 2 is 1.84 bits per heavy atom. The third-order valence-electron chi connectivity index (χ3n) is 5.54. The third kappa shape index (κ3) is 5.40. The van der Waals surface area contributed by atoms with Gasteiger partial charge in [-0.3, -0.25) is 14.8 Å². The van der Waals surface area contributed by atoms with E-state index >= 15 is 4.39 Å². The first kappa shape index (κ1) is 24.0. The third-order valence-corrected chi connectivity index (χ3v) is 7.42. The molecule has 0 atom stereocenters. The summed E-state index contributed by atoms with van der Waals surface area (Å²) in [5, 5.41) is 0. The number of hydrogen-bond acceptors (Lipinski definition) is 5. The number of aromatic nitrogens is 1. The average molecular weight is 468 g/mol. The molecule has 1 saturated heterocycles. The summed E-state index contributed by atoms with van der Waals surface area (Å²) in [4.78, 5) is 19.0. The average Bonchev–Trinajstić information content (AvgIpc) is 2.77. The molecule has 0 unspecified atom stereocenters. The van der Waals surface area contributed by atoms with Crippen LogP contribution in [-0.2, 0) is 23.1 Å². The van der Waals surface area contributed by atoms with Gasteiger partial charge in [0.2, 0.25) is 10.0 Å². The van der Waals surface area contributed by atoms with Gasteiger partial charge in [0.1, 0.15) is 11.6 Å². The van der Waals surface area contributed by atoms with E-state index in [1.54, 1.807) is 26.0 Å². The number of hydrogen-bond donors (Lipinski definition) is 1. The summed E-state index contributed by atoms with van der Waals surface area (Å²) in [6, 6.07) is 4.96. The molecule has 2 heterocycles. The van der Waals surface area contributed by atoms with Crippen LogP contribution in [0.1, 0.15) is 23.7 Å². The van der Waals surface area contributed by atoms with Gasteiger partial charge in [0.15, 0.2) is 0 Å². The van der Waals surface area contributed by atoms with Crippen molar-refractivity contribution in [2.75, 3.05) is 36.8 Å². The number of aryl methyl sites for hydroxylation is 1. The van der Waals surface area contributed by atoms with Crippen LogP contribution in [0, 0.1) is 18.6 Å². The quantitative estimate of drug-likeness (QED) is 0.673. The molecule has 0 radical (unpaired) electrons. The Morgan fingerprint density at radius 3 is 2.41 bits per heavy atom. The smallest absolute Gasteiger partial charge is 0.319 e. The summed E-state index contributed by atoms with van der Waals surface area (Å²) in [5.41, 5.74) is 6.51. The fourth-order valence-corrected chi connectivity index (χ4v) is 4.66. The Bertz CT molecular complexity index is 1070. The zero-order valence-corrected chi connectivity index (χ0v) is 18.9. The molecule has 32 heavy (non-hydrogen) atoms. The standard InChI is InChI=1S/C21H27F2N5O3S/c1-3-32(30,31)27-10-8-26(9-11-27)13-16-5-7-19(22)18(20(16)23)14-28(21(24)29)17-6-4-15(2)25-12-17/h4-7,12H,3,8-11,13-14H2,1-2H3,(H2,24,29). The highest BCUT2D eigenvalue weighted by Gasteiger charge is 2.27. The van der Waals surface area contributed by atoms with Crippen LogP contribution < -0.4 is 10.6 Å². The molecule has 1 aliphatic heterocycles. The van der Waals surface area contributed by atoms with Crippen molar-refractivity contribution in [2.45, 2.75) is 26.9 Å². The van der Waals surface area contributed by atoms with Crippen LogP contribution in [0.15, 0.2) is 30.5 Å². The highest BCUT2D eigenvalue weighted by Crippen LogP contribution is 2.24. The molecule has 174 valence electrons. The number of benzene rings is 1. The van der Waals surface area contributed by atoms with Gasteiger partial charge in [0.05, 0.1) is 24.2 Å². The van der Waals surface area contributed by atoms with Gasteiger partial charge in [-0.1, -0.05) is 6.07 Å². The van der Waals surface area contributed by atoms with Crippen LogP contribution in [0.4, 0.5) is 19.3 Å². The molecule has 2 aromatic rings. The maximum atomic E-state index is 15.2. The number of rotatable bonds is 7. The summed E-state index contributed by atoms with van der Waals surface area (Å²) < 4.78 is 55.2. The van der Waals surface area contributed by atoms with Crippen LogP contribution in [-0.4, -0.2) is 60.6 Å². The molecule has 0 bridgehead atoms. The number of carbonyl (C=O) groups is 1. The van der Waals surface area contributed by atoms with Crippen molar-refractivity contribution in [1.82, 2.24) is 14.2 Å². The molecule has 1 aromatic carbocycles. The first-order chi connectivity index (χ1) is 15.1. The molecule has 1 aromatic heterocycles. The number of nitrogens with two attached hydrogens (primary N) is 1. The topological polar surface area (TPSA) is 99.8 Å². The maximum absolute atomic E-state index is 15.2. The second-order valence-electron chi connectivity index (χ2n) is 7.66. The zero-order valence-electron chi connectivity index (χ0n) is 18.1. The second-order valence-corrected chi connectivity index (χ2v) is 9.91. The van der Waals surface area contributed by atoms with Crippen LogP contribution in [0.2, 0.25) is 0 Å². The Hall–Kier alpha value is -2.63. The SMILES string of the molecule is CCS(=O)(=O)N1CCN(Cc2ccc(F)c(CN(C(N)=O)c3ccc(C)nc3)c2F)CC1. The minimum atomic E-state index is -3.26. The monoisotopic (exact) mass is 467 g/mol. The number of urea groups is 1. The number of piperazine rings is 1. The number of sulfonamides is 1. The van der Waals surface area contributed by atoms with Gasteiger partial charge in [0, 0.05) is 49.5 Å². The number of carbonyl (C=O) groups excluding carboxylic acids is 1. The minimum absolute atomic E-state index is 0.0375. The van der Waals surface area contributed by atoms with Gasteiger partial charge in [-0.2, -0.15) is 4.31 Å². The Labute approximate surface area is 186 Å². The fraction of sp³-hybridized carbons (Fsp3) is 0.429. The Balaban J connectivity index is 1.77. The zero-order chi connectivity index (χ0) is 23.5. The number of amides is 2. The van der Waals surface area contributed by atoms with Crippen molar-refractivity contribution in [3.63, 3.8) is 0 Å². The summed E-state index contributed by atoms with van der Waals surface area (Å²) >= 11 is 0. The Morgan fingerprint density at radius 1 is 1.16 bits per heavy atom. The summed E-state index contributed by atoms with van der Waals surface area (Å²) in [5.74, 6) is -1.49. The van der Waals surface area contributed by atoms with Gasteiger partial charge in [-0.15, -0.1) is 0 Å². The van der Waals surface area contributed by atoms with E-state index in [2.05, 4.69) is 4.98 Å². The molecular formula is C21H27F2N5O3S. The lowest BCUT2D eigenvalue weighted by Gasteiger charge is -2.34. The van der Waals surface area contributed by atoms with Crippen molar-refractivity contribution in [2.24, 2.45) is 5.73 Å². The summed E-state index contributed by atoms with van der Waals surface area (Å²) in [6.07, 6.45) is 1.42. The maximum Gasteiger partial charge on any atom is 0.319 e. The Kier molecular flexibility index (Phi) is 7.42. The fourth-order valence-electron chi connectivity index (χ4n) is 3.58. The highest BCUT2D eigenvalue weighted by atomic mass is 32.2. The number of primary amides is 1. The molecule has 2 N–H and O–H groups in total. The first-order valence-corrected chi connectivity index (χ1v) is 11.9. The lowest BCUT2D eigenvalue weighted by molar-refractivity contribution is 0.180. The van der Waals surface area contributed by atoms with Gasteiger partial charge < -0.3 is 5.73 Å². The predicted molar refractivity (Wildman–Crippen MR) is 117 cm³/mol. The van der Waals surface area contributed by atoms with E-state index in [4.69, 9.17) is 5.73 Å². The van der Waals surface area contributed by atoms with Crippen molar-refractivity contribution in [3.05, 3.63) is 58.9 Å². The van der Waals surface area contributed by atoms with Crippen molar-refractivity contribution in [1.29, 1.82) is 0 Å². The van der Waals surface area contributed by atoms with Gasteiger partial charge in [-0.25, -0.2) is 22.0 Å². The van der Waals surface area contributed by atoms with E-state index < -0.39 is 27.7 Å².